The van der Waals surface area contributed by atoms with Crippen molar-refractivity contribution in [3.05, 3.63) is 59.1 Å². The molecule has 0 aliphatic rings. The molecule has 1 amide bonds. The molecule has 2 rings (SSSR count). The first-order valence-corrected chi connectivity index (χ1v) is 9.29. The van der Waals surface area contributed by atoms with Gasteiger partial charge in [0.1, 0.15) is 0 Å². The Bertz CT molecular complexity index is 716. The summed E-state index contributed by atoms with van der Waals surface area (Å²) in [6.45, 7) is 4.06. The van der Waals surface area contributed by atoms with Crippen molar-refractivity contribution in [1.29, 1.82) is 0 Å². The summed E-state index contributed by atoms with van der Waals surface area (Å²) in [6, 6.07) is 14.1. The van der Waals surface area contributed by atoms with Crippen molar-refractivity contribution in [2.45, 2.75) is 30.4 Å². The van der Waals surface area contributed by atoms with Crippen LogP contribution in [0.1, 0.15) is 30.6 Å². The van der Waals surface area contributed by atoms with E-state index in [4.69, 9.17) is 16.3 Å². The van der Waals surface area contributed by atoms with Crippen LogP contribution in [-0.2, 0) is 9.53 Å². The lowest BCUT2D eigenvalue weighted by Gasteiger charge is -2.15. The summed E-state index contributed by atoms with van der Waals surface area (Å²) >= 11 is 7.38. The van der Waals surface area contributed by atoms with Crippen LogP contribution >= 0.6 is 23.4 Å². The topological polar surface area (TPSA) is 55.4 Å². The fourth-order valence-electron chi connectivity index (χ4n) is 2.13. The Morgan fingerprint density at radius 1 is 1.08 bits per heavy atom. The summed E-state index contributed by atoms with van der Waals surface area (Å²) in [6.07, 6.45) is 0.694. The zero-order valence-electron chi connectivity index (χ0n) is 14.1. The molecule has 0 bridgehead atoms. The molecular formula is C19H20ClNO3S. The third-order valence-electron chi connectivity index (χ3n) is 3.42. The number of rotatable bonds is 7. The monoisotopic (exact) mass is 377 g/mol. The highest BCUT2D eigenvalue weighted by atomic mass is 35.5. The third kappa shape index (κ3) is 5.80. The predicted octanol–water partition coefficient (Wildman–Crippen LogP) is 5.03. The Hall–Kier alpha value is -1.98. The summed E-state index contributed by atoms with van der Waals surface area (Å²) in [7, 11) is 0. The van der Waals surface area contributed by atoms with Gasteiger partial charge in [0.05, 0.1) is 17.4 Å². The molecule has 1 unspecified atom stereocenters. The van der Waals surface area contributed by atoms with E-state index in [1.54, 1.807) is 31.2 Å². The standard InChI is InChI=1S/C19H20ClNO3S/c1-3-17(25-16-11-7-14(20)8-12-16)18(22)21-15-9-5-13(6-10-15)19(23)24-4-2/h5-12,17H,3-4H2,1-2H3,(H,21,22). The molecule has 4 nitrogen and oxygen atoms in total. The molecule has 0 radical (unpaired) electrons. The normalized spacial score (nSPS) is 11.6. The van der Waals surface area contributed by atoms with E-state index in [2.05, 4.69) is 5.32 Å². The first-order valence-electron chi connectivity index (χ1n) is 8.03. The minimum absolute atomic E-state index is 0.0775. The lowest BCUT2D eigenvalue weighted by molar-refractivity contribution is -0.115. The number of carbonyl (C=O) groups excluding carboxylic acids is 2. The fourth-order valence-corrected chi connectivity index (χ4v) is 3.21. The third-order valence-corrected chi connectivity index (χ3v) is 5.05. The van der Waals surface area contributed by atoms with E-state index in [0.717, 1.165) is 4.90 Å². The van der Waals surface area contributed by atoms with Gasteiger partial charge in [-0.2, -0.15) is 0 Å². The van der Waals surface area contributed by atoms with Gasteiger partial charge in [-0.3, -0.25) is 4.79 Å². The van der Waals surface area contributed by atoms with Crippen LogP contribution in [0.25, 0.3) is 0 Å². The average Bonchev–Trinajstić information content (AvgIpc) is 2.62. The fraction of sp³-hybridized carbons (Fsp3) is 0.263. The number of thioether (sulfide) groups is 1. The summed E-state index contributed by atoms with van der Waals surface area (Å²) in [4.78, 5) is 25.1. The van der Waals surface area contributed by atoms with Gasteiger partial charge in [-0.15, -0.1) is 11.8 Å². The summed E-state index contributed by atoms with van der Waals surface area (Å²) < 4.78 is 4.94. The lowest BCUT2D eigenvalue weighted by Crippen LogP contribution is -2.24. The molecule has 6 heteroatoms. The van der Waals surface area contributed by atoms with Crippen molar-refractivity contribution < 1.29 is 14.3 Å². The van der Waals surface area contributed by atoms with E-state index >= 15 is 0 Å². The number of esters is 1. The van der Waals surface area contributed by atoms with Crippen LogP contribution in [-0.4, -0.2) is 23.7 Å². The lowest BCUT2D eigenvalue weighted by atomic mass is 10.2. The molecule has 1 N–H and O–H groups in total. The largest absolute Gasteiger partial charge is 0.462 e. The maximum atomic E-state index is 12.5. The van der Waals surface area contributed by atoms with E-state index in [1.807, 2.05) is 31.2 Å². The summed E-state index contributed by atoms with van der Waals surface area (Å²) in [5.74, 6) is -0.448. The van der Waals surface area contributed by atoms with Gasteiger partial charge >= 0.3 is 5.97 Å². The van der Waals surface area contributed by atoms with Gasteiger partial charge in [-0.25, -0.2) is 4.79 Å². The number of nitrogens with one attached hydrogen (secondary N) is 1. The van der Waals surface area contributed by atoms with Gasteiger partial charge < -0.3 is 10.1 Å². The molecule has 0 heterocycles. The number of ether oxygens (including phenoxy) is 1. The molecule has 1 atom stereocenters. The Balaban J connectivity index is 1.99. The number of hydrogen-bond acceptors (Lipinski definition) is 4. The van der Waals surface area contributed by atoms with Gasteiger partial charge in [-0.1, -0.05) is 18.5 Å². The zero-order valence-corrected chi connectivity index (χ0v) is 15.7. The molecule has 0 aliphatic heterocycles. The van der Waals surface area contributed by atoms with Crippen LogP contribution in [0.2, 0.25) is 5.02 Å². The summed E-state index contributed by atoms with van der Waals surface area (Å²) in [5, 5.41) is 3.34. The Kier molecular flexibility index (Phi) is 7.34. The molecule has 2 aromatic carbocycles. The molecule has 0 aliphatic carbocycles. The first kappa shape index (κ1) is 19.3. The molecule has 132 valence electrons. The van der Waals surface area contributed by atoms with Crippen molar-refractivity contribution in [3.63, 3.8) is 0 Å². The average molecular weight is 378 g/mol. The molecule has 2 aromatic rings. The molecule has 0 aromatic heterocycles. The number of benzene rings is 2. The van der Waals surface area contributed by atoms with E-state index in [9.17, 15) is 9.59 Å². The number of halogens is 1. The minimum atomic E-state index is -0.370. The zero-order chi connectivity index (χ0) is 18.2. The minimum Gasteiger partial charge on any atom is -0.462 e. The van der Waals surface area contributed by atoms with Crippen LogP contribution in [0.5, 0.6) is 0 Å². The Labute approximate surface area is 156 Å². The van der Waals surface area contributed by atoms with Crippen molar-refractivity contribution >= 4 is 40.9 Å². The highest BCUT2D eigenvalue weighted by Crippen LogP contribution is 2.27. The molecule has 0 saturated carbocycles. The summed E-state index contributed by atoms with van der Waals surface area (Å²) in [5.41, 5.74) is 1.11. The SMILES string of the molecule is CCOC(=O)c1ccc(NC(=O)C(CC)Sc2ccc(Cl)cc2)cc1. The van der Waals surface area contributed by atoms with Crippen molar-refractivity contribution in [2.75, 3.05) is 11.9 Å². The first-order chi connectivity index (χ1) is 12.0. The van der Waals surface area contributed by atoms with Crippen LogP contribution in [0.15, 0.2) is 53.4 Å². The van der Waals surface area contributed by atoms with Gasteiger partial charge in [-0.05, 0) is 61.9 Å². The molecular weight excluding hydrogens is 358 g/mol. The van der Waals surface area contributed by atoms with Crippen LogP contribution in [0.3, 0.4) is 0 Å². The van der Waals surface area contributed by atoms with E-state index in [1.165, 1.54) is 11.8 Å². The molecule has 25 heavy (non-hydrogen) atoms. The predicted molar refractivity (Wildman–Crippen MR) is 102 cm³/mol. The van der Waals surface area contributed by atoms with E-state index in [0.29, 0.717) is 29.3 Å². The van der Waals surface area contributed by atoms with Crippen molar-refractivity contribution in [3.8, 4) is 0 Å². The van der Waals surface area contributed by atoms with Gasteiger partial charge in [0.15, 0.2) is 0 Å². The second kappa shape index (κ2) is 9.49. The van der Waals surface area contributed by atoms with Gasteiger partial charge in [0, 0.05) is 15.6 Å². The second-order valence-electron chi connectivity index (χ2n) is 5.26. The molecule has 0 saturated heterocycles. The Morgan fingerprint density at radius 3 is 2.28 bits per heavy atom. The molecule has 0 spiro atoms. The van der Waals surface area contributed by atoms with Crippen LogP contribution < -0.4 is 5.32 Å². The maximum absolute atomic E-state index is 12.5. The second-order valence-corrected chi connectivity index (χ2v) is 6.97. The van der Waals surface area contributed by atoms with E-state index < -0.39 is 0 Å². The smallest absolute Gasteiger partial charge is 0.338 e. The van der Waals surface area contributed by atoms with Crippen molar-refractivity contribution in [2.24, 2.45) is 0 Å². The van der Waals surface area contributed by atoms with Crippen LogP contribution in [0.4, 0.5) is 5.69 Å². The highest BCUT2D eigenvalue weighted by molar-refractivity contribution is 8.00. The Morgan fingerprint density at radius 2 is 1.72 bits per heavy atom. The van der Waals surface area contributed by atoms with E-state index in [-0.39, 0.29) is 17.1 Å². The number of carbonyl (C=O) groups is 2. The molecule has 0 fully saturated rings. The van der Waals surface area contributed by atoms with Crippen LogP contribution in [0, 0.1) is 0 Å². The maximum Gasteiger partial charge on any atom is 0.338 e. The highest BCUT2D eigenvalue weighted by Gasteiger charge is 2.18. The number of amides is 1. The van der Waals surface area contributed by atoms with Gasteiger partial charge in [0.25, 0.3) is 0 Å². The quantitative estimate of drug-likeness (QED) is 0.543. The van der Waals surface area contributed by atoms with Crippen molar-refractivity contribution in [1.82, 2.24) is 0 Å². The van der Waals surface area contributed by atoms with Gasteiger partial charge in [0.2, 0.25) is 5.91 Å². The number of hydrogen-bond donors (Lipinski definition) is 1. The number of anilines is 1.